The summed E-state index contributed by atoms with van der Waals surface area (Å²) < 4.78 is 7.63. The van der Waals surface area contributed by atoms with E-state index in [1.807, 2.05) is 18.2 Å². The van der Waals surface area contributed by atoms with Crippen LogP contribution in [0.2, 0.25) is 0 Å². The van der Waals surface area contributed by atoms with Gasteiger partial charge in [-0.25, -0.2) is 4.98 Å². The van der Waals surface area contributed by atoms with Crippen molar-refractivity contribution in [3.63, 3.8) is 0 Å². The predicted octanol–water partition coefficient (Wildman–Crippen LogP) is 2.34. The monoisotopic (exact) mass is 280 g/mol. The molecule has 0 spiro atoms. The molecule has 82 valence electrons. The van der Waals surface area contributed by atoms with Crippen molar-refractivity contribution < 1.29 is 4.74 Å². The molecule has 1 aromatic carbocycles. The largest absolute Gasteiger partial charge is 0.433 e. The molecule has 0 fully saturated rings. The van der Waals surface area contributed by atoms with Crippen LogP contribution >= 0.6 is 15.9 Å². The maximum atomic E-state index is 11.6. The van der Waals surface area contributed by atoms with Crippen LogP contribution in [0.15, 0.2) is 45.9 Å². The highest BCUT2D eigenvalue weighted by Gasteiger charge is 2.07. The number of ether oxygens (including phenoxy) is 1. The molecule has 0 radical (unpaired) electrons. The molecule has 0 aliphatic rings. The number of hydrogen-bond acceptors (Lipinski definition) is 3. The zero-order valence-electron chi connectivity index (χ0n) is 8.55. The molecule has 0 aliphatic heterocycles. The molecular formula is C11H9BrN2O2. The quantitative estimate of drug-likeness (QED) is 0.848. The molecule has 0 saturated carbocycles. The molecule has 0 saturated heterocycles. The van der Waals surface area contributed by atoms with Crippen molar-refractivity contribution in [3.8, 4) is 11.6 Å². The topological polar surface area (TPSA) is 44.1 Å². The van der Waals surface area contributed by atoms with Gasteiger partial charge in [-0.3, -0.25) is 4.79 Å². The Kier molecular flexibility index (Phi) is 3.05. The summed E-state index contributed by atoms with van der Waals surface area (Å²) in [5.41, 5.74) is -0.266. The third-order valence-electron chi connectivity index (χ3n) is 2.03. The Labute approximate surface area is 101 Å². The van der Waals surface area contributed by atoms with Crippen LogP contribution in [-0.4, -0.2) is 9.55 Å². The first-order chi connectivity index (χ1) is 7.68. The van der Waals surface area contributed by atoms with Crippen molar-refractivity contribution in [1.29, 1.82) is 0 Å². The van der Waals surface area contributed by atoms with Crippen molar-refractivity contribution in [1.82, 2.24) is 9.55 Å². The van der Waals surface area contributed by atoms with E-state index in [4.69, 9.17) is 4.74 Å². The minimum atomic E-state index is -0.266. The second-order valence-electron chi connectivity index (χ2n) is 3.18. The molecule has 4 nitrogen and oxygen atoms in total. The van der Waals surface area contributed by atoms with Gasteiger partial charge in [0, 0.05) is 19.4 Å². The van der Waals surface area contributed by atoms with Crippen LogP contribution in [0.5, 0.6) is 11.6 Å². The predicted molar refractivity (Wildman–Crippen MR) is 63.7 cm³/mol. The zero-order valence-corrected chi connectivity index (χ0v) is 10.1. The van der Waals surface area contributed by atoms with Gasteiger partial charge in [0.25, 0.3) is 5.88 Å². The Morgan fingerprint density at radius 2 is 2.12 bits per heavy atom. The van der Waals surface area contributed by atoms with Gasteiger partial charge >= 0.3 is 5.56 Å². The molecule has 0 bridgehead atoms. The normalized spacial score (nSPS) is 10.1. The van der Waals surface area contributed by atoms with Gasteiger partial charge in [0.15, 0.2) is 0 Å². The summed E-state index contributed by atoms with van der Waals surface area (Å²) in [5, 5.41) is 0. The Morgan fingerprint density at radius 3 is 2.88 bits per heavy atom. The van der Waals surface area contributed by atoms with E-state index in [1.165, 1.54) is 10.8 Å². The summed E-state index contributed by atoms with van der Waals surface area (Å²) in [7, 11) is 1.65. The van der Waals surface area contributed by atoms with Crippen LogP contribution in [0.3, 0.4) is 0 Å². The summed E-state index contributed by atoms with van der Waals surface area (Å²) >= 11 is 3.34. The van der Waals surface area contributed by atoms with Crippen LogP contribution < -0.4 is 10.3 Å². The summed E-state index contributed by atoms with van der Waals surface area (Å²) in [6, 6.07) is 7.29. The average Bonchev–Trinajstić information content (AvgIpc) is 2.28. The standard InChI is InChI=1S/C11H9BrN2O2/c1-14-7-6-13-10(11(14)15)16-9-5-3-2-4-8(9)12/h2-7H,1H3. The maximum Gasteiger partial charge on any atom is 0.313 e. The number of rotatable bonds is 2. The average molecular weight is 281 g/mol. The third kappa shape index (κ3) is 2.14. The number of nitrogens with zero attached hydrogens (tertiary/aromatic N) is 2. The Hall–Kier alpha value is -1.62. The molecule has 0 unspecified atom stereocenters. The van der Waals surface area contributed by atoms with E-state index in [9.17, 15) is 4.79 Å². The number of hydrogen-bond donors (Lipinski definition) is 0. The number of halogens is 1. The van der Waals surface area contributed by atoms with Crippen LogP contribution in [-0.2, 0) is 7.05 Å². The number of aryl methyl sites for hydroxylation is 1. The van der Waals surface area contributed by atoms with E-state index in [0.29, 0.717) is 5.75 Å². The summed E-state index contributed by atoms with van der Waals surface area (Å²) in [4.78, 5) is 15.5. The molecule has 16 heavy (non-hydrogen) atoms. The van der Waals surface area contributed by atoms with Gasteiger partial charge in [-0.1, -0.05) is 12.1 Å². The molecular weight excluding hydrogens is 272 g/mol. The van der Waals surface area contributed by atoms with Gasteiger partial charge < -0.3 is 9.30 Å². The highest BCUT2D eigenvalue weighted by molar-refractivity contribution is 9.10. The molecule has 2 rings (SSSR count). The summed E-state index contributed by atoms with van der Waals surface area (Å²) in [6.07, 6.45) is 3.10. The van der Waals surface area contributed by atoms with E-state index >= 15 is 0 Å². The lowest BCUT2D eigenvalue weighted by molar-refractivity contribution is 0.446. The molecule has 1 aromatic heterocycles. The van der Waals surface area contributed by atoms with Gasteiger partial charge in [-0.05, 0) is 28.1 Å². The van der Waals surface area contributed by atoms with Crippen LogP contribution in [0.25, 0.3) is 0 Å². The van der Waals surface area contributed by atoms with Crippen molar-refractivity contribution >= 4 is 15.9 Å². The molecule has 0 N–H and O–H groups in total. The molecule has 0 aliphatic carbocycles. The van der Waals surface area contributed by atoms with Gasteiger partial charge in [0.1, 0.15) is 5.75 Å². The van der Waals surface area contributed by atoms with E-state index in [2.05, 4.69) is 20.9 Å². The number of aromatic nitrogens is 2. The first kappa shape index (κ1) is 10.9. The minimum Gasteiger partial charge on any atom is -0.433 e. The minimum absolute atomic E-state index is 0.0666. The zero-order chi connectivity index (χ0) is 11.5. The van der Waals surface area contributed by atoms with E-state index in [-0.39, 0.29) is 11.4 Å². The van der Waals surface area contributed by atoms with Gasteiger partial charge in [0.05, 0.1) is 4.47 Å². The first-order valence-corrected chi connectivity index (χ1v) is 5.42. The SMILES string of the molecule is Cn1ccnc(Oc2ccccc2Br)c1=O. The first-order valence-electron chi connectivity index (χ1n) is 4.62. The second kappa shape index (κ2) is 4.49. The van der Waals surface area contributed by atoms with Gasteiger partial charge in [-0.2, -0.15) is 0 Å². The number of para-hydroxylation sites is 1. The highest BCUT2D eigenvalue weighted by Crippen LogP contribution is 2.26. The molecule has 1 heterocycles. The molecule has 0 amide bonds. The lowest BCUT2D eigenvalue weighted by Crippen LogP contribution is -2.18. The maximum absolute atomic E-state index is 11.6. The van der Waals surface area contributed by atoms with E-state index < -0.39 is 0 Å². The van der Waals surface area contributed by atoms with Crippen molar-refractivity contribution in [2.45, 2.75) is 0 Å². The Bertz CT molecular complexity index is 566. The summed E-state index contributed by atoms with van der Waals surface area (Å²) in [6.45, 7) is 0. The fourth-order valence-electron chi connectivity index (χ4n) is 1.18. The van der Waals surface area contributed by atoms with Crippen LogP contribution in [0, 0.1) is 0 Å². The van der Waals surface area contributed by atoms with Crippen LogP contribution in [0.1, 0.15) is 0 Å². The molecule has 0 atom stereocenters. The Balaban J connectivity index is 2.39. The highest BCUT2D eigenvalue weighted by atomic mass is 79.9. The van der Waals surface area contributed by atoms with Crippen molar-refractivity contribution in [3.05, 3.63) is 51.5 Å². The van der Waals surface area contributed by atoms with Gasteiger partial charge in [-0.15, -0.1) is 0 Å². The molecule has 2 aromatic rings. The van der Waals surface area contributed by atoms with Crippen molar-refractivity contribution in [2.24, 2.45) is 7.05 Å². The van der Waals surface area contributed by atoms with Crippen LogP contribution in [0.4, 0.5) is 0 Å². The van der Waals surface area contributed by atoms with E-state index in [0.717, 1.165) is 4.47 Å². The van der Waals surface area contributed by atoms with Gasteiger partial charge in [0.2, 0.25) is 0 Å². The van der Waals surface area contributed by atoms with E-state index in [1.54, 1.807) is 19.3 Å². The van der Waals surface area contributed by atoms with Crippen molar-refractivity contribution in [2.75, 3.05) is 0 Å². The third-order valence-corrected chi connectivity index (χ3v) is 2.68. The lowest BCUT2D eigenvalue weighted by atomic mass is 10.3. The summed E-state index contributed by atoms with van der Waals surface area (Å²) in [5.74, 6) is 0.634. The number of benzene rings is 1. The fourth-order valence-corrected chi connectivity index (χ4v) is 1.54. The Morgan fingerprint density at radius 1 is 1.38 bits per heavy atom. The smallest absolute Gasteiger partial charge is 0.313 e. The molecule has 5 heteroatoms. The lowest BCUT2D eigenvalue weighted by Gasteiger charge is -2.06. The fraction of sp³-hybridized carbons (Fsp3) is 0.0909. The second-order valence-corrected chi connectivity index (χ2v) is 4.04.